The largest absolute Gasteiger partial charge is 0.381 e. The molecule has 0 aromatic carbocycles. The second-order valence-corrected chi connectivity index (χ2v) is 8.23. The summed E-state index contributed by atoms with van der Waals surface area (Å²) in [7, 11) is 4.38. The quantitative estimate of drug-likeness (QED) is 0.216. The van der Waals surface area contributed by atoms with E-state index in [-0.39, 0.29) is 0 Å². The summed E-state index contributed by atoms with van der Waals surface area (Å²) in [6, 6.07) is 0. The van der Waals surface area contributed by atoms with Crippen LogP contribution in [0.2, 0.25) is 0 Å². The van der Waals surface area contributed by atoms with Gasteiger partial charge in [0.1, 0.15) is 0 Å². The van der Waals surface area contributed by atoms with Crippen molar-refractivity contribution in [2.24, 2.45) is 5.92 Å². The Bertz CT molecular complexity index is 242. The van der Waals surface area contributed by atoms with Crippen molar-refractivity contribution in [2.75, 3.05) is 33.9 Å². The molecule has 0 N–H and O–H groups in total. The summed E-state index contributed by atoms with van der Waals surface area (Å²) in [4.78, 5) is 2.32. The minimum Gasteiger partial charge on any atom is -0.381 e. The standard InChI is InChI=1S/C23H49NO/c1-5-7-9-11-13-15-17-19-23(21-24(3)4)22-25-20-18-16-14-12-10-8-6-2/h23H,5-22H2,1-4H3. The molecule has 0 aliphatic carbocycles. The Morgan fingerprint density at radius 3 is 1.64 bits per heavy atom. The van der Waals surface area contributed by atoms with E-state index < -0.39 is 0 Å². The summed E-state index contributed by atoms with van der Waals surface area (Å²) in [6.07, 6.45) is 20.7. The van der Waals surface area contributed by atoms with Crippen molar-refractivity contribution in [3.63, 3.8) is 0 Å². The molecule has 0 aromatic heterocycles. The molecule has 0 saturated carbocycles. The molecule has 152 valence electrons. The van der Waals surface area contributed by atoms with Gasteiger partial charge in [-0.15, -0.1) is 0 Å². The topological polar surface area (TPSA) is 12.5 Å². The van der Waals surface area contributed by atoms with Gasteiger partial charge in [0.2, 0.25) is 0 Å². The summed E-state index contributed by atoms with van der Waals surface area (Å²) in [5, 5.41) is 0. The highest BCUT2D eigenvalue weighted by Crippen LogP contribution is 2.15. The highest BCUT2D eigenvalue weighted by molar-refractivity contribution is 4.62. The second kappa shape index (κ2) is 20.2. The van der Waals surface area contributed by atoms with Gasteiger partial charge in [-0.1, -0.05) is 97.3 Å². The Hall–Kier alpha value is -0.0800. The average Bonchev–Trinajstić information content (AvgIpc) is 2.58. The third kappa shape index (κ3) is 20.1. The van der Waals surface area contributed by atoms with Crippen molar-refractivity contribution in [1.82, 2.24) is 4.90 Å². The molecule has 0 aliphatic rings. The fourth-order valence-corrected chi connectivity index (χ4v) is 3.55. The molecule has 1 unspecified atom stereocenters. The number of ether oxygens (including phenoxy) is 1. The van der Waals surface area contributed by atoms with Crippen LogP contribution in [0.5, 0.6) is 0 Å². The van der Waals surface area contributed by atoms with Crippen LogP contribution in [0, 0.1) is 5.92 Å². The van der Waals surface area contributed by atoms with Crippen LogP contribution in [-0.4, -0.2) is 38.8 Å². The molecule has 25 heavy (non-hydrogen) atoms. The Balaban J connectivity index is 3.57. The number of nitrogens with zero attached hydrogens (tertiary/aromatic N) is 1. The first kappa shape index (κ1) is 24.9. The average molecular weight is 356 g/mol. The van der Waals surface area contributed by atoms with Gasteiger partial charge in [-0.2, -0.15) is 0 Å². The molecule has 2 heteroatoms. The lowest BCUT2D eigenvalue weighted by atomic mass is 10.00. The predicted molar refractivity (Wildman–Crippen MR) is 113 cm³/mol. The summed E-state index contributed by atoms with van der Waals surface area (Å²) >= 11 is 0. The van der Waals surface area contributed by atoms with Crippen LogP contribution in [0.3, 0.4) is 0 Å². The number of rotatable bonds is 20. The Labute approximate surface area is 160 Å². The molecule has 0 fully saturated rings. The molecule has 2 nitrogen and oxygen atoms in total. The summed E-state index contributed by atoms with van der Waals surface area (Å²) in [5.74, 6) is 0.718. The lowest BCUT2D eigenvalue weighted by Crippen LogP contribution is -2.25. The molecule has 0 aliphatic heterocycles. The van der Waals surface area contributed by atoms with Gasteiger partial charge < -0.3 is 9.64 Å². The van der Waals surface area contributed by atoms with Crippen molar-refractivity contribution in [3.8, 4) is 0 Å². The van der Waals surface area contributed by atoms with Gasteiger partial charge in [0.25, 0.3) is 0 Å². The van der Waals surface area contributed by atoms with Crippen LogP contribution in [0.1, 0.15) is 110 Å². The predicted octanol–water partition coefficient (Wildman–Crippen LogP) is 7.07. The van der Waals surface area contributed by atoms with E-state index in [1.165, 1.54) is 103 Å². The van der Waals surface area contributed by atoms with E-state index >= 15 is 0 Å². The lowest BCUT2D eigenvalue weighted by Gasteiger charge is -2.21. The Morgan fingerprint density at radius 1 is 0.640 bits per heavy atom. The van der Waals surface area contributed by atoms with Crippen molar-refractivity contribution in [1.29, 1.82) is 0 Å². The minimum atomic E-state index is 0.718. The monoisotopic (exact) mass is 355 g/mol. The van der Waals surface area contributed by atoms with Gasteiger partial charge in [-0.25, -0.2) is 0 Å². The van der Waals surface area contributed by atoms with Gasteiger partial charge in [0, 0.05) is 13.2 Å². The smallest absolute Gasteiger partial charge is 0.0506 e. The van der Waals surface area contributed by atoms with Crippen LogP contribution < -0.4 is 0 Å². The van der Waals surface area contributed by atoms with E-state index in [1.807, 2.05) is 0 Å². The molecule has 0 radical (unpaired) electrons. The van der Waals surface area contributed by atoms with Crippen LogP contribution in [0.15, 0.2) is 0 Å². The Kier molecular flexibility index (Phi) is 20.2. The first-order chi connectivity index (χ1) is 12.2. The first-order valence-electron chi connectivity index (χ1n) is 11.4. The Morgan fingerprint density at radius 2 is 1.12 bits per heavy atom. The molecule has 1 atom stereocenters. The van der Waals surface area contributed by atoms with Crippen molar-refractivity contribution < 1.29 is 4.74 Å². The molecule has 0 rings (SSSR count). The second-order valence-electron chi connectivity index (χ2n) is 8.23. The third-order valence-corrected chi connectivity index (χ3v) is 5.09. The maximum atomic E-state index is 6.01. The molecule has 0 bridgehead atoms. The maximum Gasteiger partial charge on any atom is 0.0506 e. The van der Waals surface area contributed by atoms with Crippen LogP contribution in [0.25, 0.3) is 0 Å². The molecule has 0 saturated heterocycles. The number of hydrogen-bond donors (Lipinski definition) is 0. The maximum absolute atomic E-state index is 6.01. The molecule has 0 aromatic rings. The summed E-state index contributed by atoms with van der Waals surface area (Å²) < 4.78 is 6.01. The van der Waals surface area contributed by atoms with Crippen molar-refractivity contribution in [3.05, 3.63) is 0 Å². The van der Waals surface area contributed by atoms with E-state index in [4.69, 9.17) is 4.74 Å². The van der Waals surface area contributed by atoms with Gasteiger partial charge in [0.05, 0.1) is 6.61 Å². The SMILES string of the molecule is CCCCCCCCCOCC(CCCCCCCCC)CN(C)C. The lowest BCUT2D eigenvalue weighted by molar-refractivity contribution is 0.0816. The molecule has 0 amide bonds. The van der Waals surface area contributed by atoms with E-state index in [0.717, 1.165) is 19.1 Å². The van der Waals surface area contributed by atoms with E-state index in [1.54, 1.807) is 0 Å². The first-order valence-corrected chi connectivity index (χ1v) is 11.4. The van der Waals surface area contributed by atoms with Crippen LogP contribution in [-0.2, 0) is 4.74 Å². The third-order valence-electron chi connectivity index (χ3n) is 5.09. The summed E-state index contributed by atoms with van der Waals surface area (Å²) in [6.45, 7) is 7.67. The van der Waals surface area contributed by atoms with Crippen LogP contribution >= 0.6 is 0 Å². The van der Waals surface area contributed by atoms with Gasteiger partial charge >= 0.3 is 0 Å². The van der Waals surface area contributed by atoms with Gasteiger partial charge in [-0.05, 0) is 32.9 Å². The van der Waals surface area contributed by atoms with E-state index in [2.05, 4.69) is 32.8 Å². The molecular formula is C23H49NO. The minimum absolute atomic E-state index is 0.718. The number of unbranched alkanes of at least 4 members (excludes halogenated alkanes) is 12. The van der Waals surface area contributed by atoms with Crippen LogP contribution in [0.4, 0.5) is 0 Å². The van der Waals surface area contributed by atoms with E-state index in [0.29, 0.717) is 0 Å². The zero-order chi connectivity index (χ0) is 18.6. The zero-order valence-corrected chi connectivity index (χ0v) is 18.2. The fraction of sp³-hybridized carbons (Fsp3) is 1.00. The number of hydrogen-bond acceptors (Lipinski definition) is 2. The van der Waals surface area contributed by atoms with Gasteiger partial charge in [0.15, 0.2) is 0 Å². The highest BCUT2D eigenvalue weighted by atomic mass is 16.5. The molecule has 0 heterocycles. The van der Waals surface area contributed by atoms with Gasteiger partial charge in [-0.3, -0.25) is 0 Å². The normalized spacial score (nSPS) is 12.8. The molecule has 0 spiro atoms. The summed E-state index contributed by atoms with van der Waals surface area (Å²) in [5.41, 5.74) is 0. The van der Waals surface area contributed by atoms with Crippen molar-refractivity contribution in [2.45, 2.75) is 110 Å². The van der Waals surface area contributed by atoms with E-state index in [9.17, 15) is 0 Å². The van der Waals surface area contributed by atoms with Crippen molar-refractivity contribution >= 4 is 0 Å². The highest BCUT2D eigenvalue weighted by Gasteiger charge is 2.10. The zero-order valence-electron chi connectivity index (χ0n) is 18.2. The fourth-order valence-electron chi connectivity index (χ4n) is 3.55. The molecular weight excluding hydrogens is 306 g/mol.